The first kappa shape index (κ1) is 15.0. The van der Waals surface area contributed by atoms with Crippen LogP contribution in [0, 0.1) is 5.92 Å². The maximum atomic E-state index is 5.74. The van der Waals surface area contributed by atoms with Crippen LogP contribution in [0.3, 0.4) is 0 Å². The molecule has 1 aromatic rings. The molecule has 0 spiro atoms. The van der Waals surface area contributed by atoms with E-state index in [0.29, 0.717) is 18.1 Å². The molecule has 1 heterocycles. The van der Waals surface area contributed by atoms with Gasteiger partial charge in [-0.25, -0.2) is 0 Å². The molecule has 0 bridgehead atoms. The van der Waals surface area contributed by atoms with Crippen molar-refractivity contribution in [2.24, 2.45) is 5.92 Å². The molecule has 0 aliphatic carbocycles. The maximum Gasteiger partial charge on any atom is 0.0590 e. The van der Waals surface area contributed by atoms with Crippen molar-refractivity contribution in [3.8, 4) is 0 Å². The minimum atomic E-state index is 0.376. The van der Waals surface area contributed by atoms with Gasteiger partial charge in [-0.1, -0.05) is 35.0 Å². The van der Waals surface area contributed by atoms with E-state index in [9.17, 15) is 0 Å². The highest BCUT2D eigenvalue weighted by Crippen LogP contribution is 2.26. The number of ether oxygens (including phenoxy) is 1. The first-order valence-electron chi connectivity index (χ1n) is 7.30. The van der Waals surface area contributed by atoms with Crippen LogP contribution >= 0.6 is 15.9 Å². The summed E-state index contributed by atoms with van der Waals surface area (Å²) in [6.07, 6.45) is 3.81. The Hall–Kier alpha value is -0.380. The molecule has 1 fully saturated rings. The number of hydrogen-bond donors (Lipinski definition) is 1. The Labute approximate surface area is 125 Å². The Balaban J connectivity index is 2.04. The van der Waals surface area contributed by atoms with E-state index < -0.39 is 0 Å². The van der Waals surface area contributed by atoms with Crippen LogP contribution in [0.15, 0.2) is 28.7 Å². The van der Waals surface area contributed by atoms with Gasteiger partial charge in [0.1, 0.15) is 0 Å². The van der Waals surface area contributed by atoms with Crippen molar-refractivity contribution in [1.29, 1.82) is 0 Å². The third-order valence-electron chi connectivity index (χ3n) is 3.95. The summed E-state index contributed by atoms with van der Waals surface area (Å²) in [5, 5.41) is 3.71. The number of hydrogen-bond acceptors (Lipinski definition) is 2. The lowest BCUT2D eigenvalue weighted by molar-refractivity contribution is 0.0954. The molecule has 0 aromatic heterocycles. The summed E-state index contributed by atoms with van der Waals surface area (Å²) < 4.78 is 6.90. The maximum absolute atomic E-state index is 5.74. The fraction of sp³-hybridized carbons (Fsp3) is 0.625. The minimum absolute atomic E-state index is 0.376. The second kappa shape index (κ2) is 7.41. The Morgan fingerprint density at radius 1 is 1.47 bits per heavy atom. The van der Waals surface area contributed by atoms with Crippen molar-refractivity contribution < 1.29 is 4.74 Å². The number of rotatable bonds is 6. The van der Waals surface area contributed by atoms with Gasteiger partial charge in [0.05, 0.1) is 6.10 Å². The molecule has 2 nitrogen and oxygen atoms in total. The van der Waals surface area contributed by atoms with Gasteiger partial charge in [-0.2, -0.15) is 0 Å². The summed E-state index contributed by atoms with van der Waals surface area (Å²) in [6, 6.07) is 9.16. The van der Waals surface area contributed by atoms with Gasteiger partial charge in [0.2, 0.25) is 0 Å². The highest BCUT2D eigenvalue weighted by Gasteiger charge is 2.31. The Morgan fingerprint density at radius 2 is 2.32 bits per heavy atom. The van der Waals surface area contributed by atoms with Crippen molar-refractivity contribution in [2.45, 2.75) is 45.3 Å². The topological polar surface area (TPSA) is 21.3 Å². The van der Waals surface area contributed by atoms with E-state index in [1.54, 1.807) is 0 Å². The van der Waals surface area contributed by atoms with E-state index in [2.05, 4.69) is 59.4 Å². The molecule has 1 N–H and O–H groups in total. The standard InChI is InChI=1S/C16H24BrNO/c1-3-8-18-16(15-7-9-19-12(15)2)11-13-5-4-6-14(17)10-13/h4-6,10,12,15-16,18H,3,7-9,11H2,1-2H3. The van der Waals surface area contributed by atoms with Gasteiger partial charge in [0.25, 0.3) is 0 Å². The Morgan fingerprint density at radius 3 is 2.95 bits per heavy atom. The van der Waals surface area contributed by atoms with Crippen molar-refractivity contribution in [3.63, 3.8) is 0 Å². The average molecular weight is 326 g/mol. The van der Waals surface area contributed by atoms with Gasteiger partial charge < -0.3 is 10.1 Å². The van der Waals surface area contributed by atoms with Crippen LogP contribution in [0.25, 0.3) is 0 Å². The summed E-state index contributed by atoms with van der Waals surface area (Å²) in [5.74, 6) is 0.630. The summed E-state index contributed by atoms with van der Waals surface area (Å²) in [6.45, 7) is 6.42. The predicted octanol–water partition coefficient (Wildman–Crippen LogP) is 3.78. The molecule has 19 heavy (non-hydrogen) atoms. The zero-order valence-corrected chi connectivity index (χ0v) is 13.4. The van der Waals surface area contributed by atoms with Crippen LogP contribution < -0.4 is 5.32 Å². The van der Waals surface area contributed by atoms with Crippen LogP contribution in [-0.4, -0.2) is 25.3 Å². The van der Waals surface area contributed by atoms with Crippen LogP contribution in [0.5, 0.6) is 0 Å². The molecular formula is C16H24BrNO. The molecular weight excluding hydrogens is 302 g/mol. The monoisotopic (exact) mass is 325 g/mol. The lowest BCUT2D eigenvalue weighted by atomic mass is 9.89. The van der Waals surface area contributed by atoms with Gasteiger partial charge in [-0.05, 0) is 50.4 Å². The quantitative estimate of drug-likeness (QED) is 0.859. The average Bonchev–Trinajstić information content (AvgIpc) is 2.81. The SMILES string of the molecule is CCCNC(Cc1cccc(Br)c1)C1CCOC1C. The second-order valence-corrected chi connectivity index (χ2v) is 6.34. The van der Waals surface area contributed by atoms with E-state index in [-0.39, 0.29) is 0 Å². The summed E-state index contributed by atoms with van der Waals surface area (Å²) in [4.78, 5) is 0. The van der Waals surface area contributed by atoms with Crippen LogP contribution in [0.2, 0.25) is 0 Å². The van der Waals surface area contributed by atoms with Crippen LogP contribution in [0.1, 0.15) is 32.3 Å². The smallest absolute Gasteiger partial charge is 0.0590 e. The molecule has 0 amide bonds. The van der Waals surface area contributed by atoms with E-state index in [1.165, 1.54) is 18.4 Å². The molecule has 3 atom stereocenters. The zero-order valence-electron chi connectivity index (χ0n) is 11.9. The van der Waals surface area contributed by atoms with E-state index >= 15 is 0 Å². The fourth-order valence-electron chi connectivity index (χ4n) is 2.90. The highest BCUT2D eigenvalue weighted by molar-refractivity contribution is 9.10. The molecule has 0 saturated carbocycles. The number of halogens is 1. The van der Waals surface area contributed by atoms with E-state index in [0.717, 1.165) is 24.0 Å². The number of benzene rings is 1. The Bertz CT molecular complexity index is 396. The molecule has 2 rings (SSSR count). The fourth-order valence-corrected chi connectivity index (χ4v) is 3.35. The van der Waals surface area contributed by atoms with E-state index in [4.69, 9.17) is 4.74 Å². The van der Waals surface area contributed by atoms with Gasteiger partial charge in [-0.15, -0.1) is 0 Å². The highest BCUT2D eigenvalue weighted by atomic mass is 79.9. The lowest BCUT2D eigenvalue weighted by Gasteiger charge is -2.27. The summed E-state index contributed by atoms with van der Waals surface area (Å²) >= 11 is 3.56. The van der Waals surface area contributed by atoms with Crippen molar-refractivity contribution in [3.05, 3.63) is 34.3 Å². The molecule has 1 aliphatic heterocycles. The van der Waals surface area contributed by atoms with Crippen molar-refractivity contribution in [1.82, 2.24) is 5.32 Å². The summed E-state index contributed by atoms with van der Waals surface area (Å²) in [7, 11) is 0. The summed E-state index contributed by atoms with van der Waals surface area (Å²) in [5.41, 5.74) is 1.39. The minimum Gasteiger partial charge on any atom is -0.378 e. The zero-order chi connectivity index (χ0) is 13.7. The largest absolute Gasteiger partial charge is 0.378 e. The van der Waals surface area contributed by atoms with Crippen LogP contribution in [-0.2, 0) is 11.2 Å². The van der Waals surface area contributed by atoms with Gasteiger partial charge in [0, 0.05) is 23.0 Å². The lowest BCUT2D eigenvalue weighted by Crippen LogP contribution is -2.41. The first-order valence-corrected chi connectivity index (χ1v) is 8.09. The van der Waals surface area contributed by atoms with E-state index in [1.807, 2.05) is 0 Å². The third kappa shape index (κ3) is 4.30. The van der Waals surface area contributed by atoms with Gasteiger partial charge >= 0.3 is 0 Å². The van der Waals surface area contributed by atoms with Crippen molar-refractivity contribution in [2.75, 3.05) is 13.2 Å². The van der Waals surface area contributed by atoms with Crippen LogP contribution in [0.4, 0.5) is 0 Å². The Kier molecular flexibility index (Phi) is 5.86. The van der Waals surface area contributed by atoms with Crippen molar-refractivity contribution >= 4 is 15.9 Å². The van der Waals surface area contributed by atoms with Gasteiger partial charge in [0.15, 0.2) is 0 Å². The second-order valence-electron chi connectivity index (χ2n) is 5.42. The molecule has 3 unspecified atom stereocenters. The molecule has 1 saturated heterocycles. The normalized spacial score (nSPS) is 24.6. The molecule has 1 aliphatic rings. The van der Waals surface area contributed by atoms with Gasteiger partial charge in [-0.3, -0.25) is 0 Å². The molecule has 0 radical (unpaired) electrons. The predicted molar refractivity (Wildman–Crippen MR) is 83.4 cm³/mol. The molecule has 106 valence electrons. The first-order chi connectivity index (χ1) is 9.20. The molecule has 3 heteroatoms. The molecule has 1 aromatic carbocycles. The number of nitrogens with one attached hydrogen (secondary N) is 1. The third-order valence-corrected chi connectivity index (χ3v) is 4.45.